The zero-order valence-corrected chi connectivity index (χ0v) is 14.5. The summed E-state index contributed by atoms with van der Waals surface area (Å²) in [5.74, 6) is 1.09. The largest absolute Gasteiger partial charge is 0.354 e. The second kappa shape index (κ2) is 6.87. The number of piperazine rings is 1. The minimum atomic E-state index is 0.138. The van der Waals surface area contributed by atoms with Gasteiger partial charge in [0.2, 0.25) is 0 Å². The molecule has 0 spiro atoms. The fraction of sp³-hybridized carbons (Fsp3) is 0.667. The summed E-state index contributed by atoms with van der Waals surface area (Å²) in [7, 11) is 2.11. The lowest BCUT2D eigenvalue weighted by Crippen LogP contribution is -2.52. The highest BCUT2D eigenvalue weighted by molar-refractivity contribution is 5.95. The van der Waals surface area contributed by atoms with Gasteiger partial charge in [-0.3, -0.25) is 4.79 Å². The normalized spacial score (nSPS) is 26.4. The van der Waals surface area contributed by atoms with Crippen molar-refractivity contribution in [3.05, 3.63) is 23.9 Å². The number of aromatic nitrogens is 1. The molecule has 2 atom stereocenters. The lowest BCUT2D eigenvalue weighted by molar-refractivity contribution is 0.0533. The van der Waals surface area contributed by atoms with Gasteiger partial charge in [-0.05, 0) is 52.3 Å². The van der Waals surface area contributed by atoms with Gasteiger partial charge < -0.3 is 14.7 Å². The first-order chi connectivity index (χ1) is 11.1. The van der Waals surface area contributed by atoms with Crippen molar-refractivity contribution in [1.82, 2.24) is 14.8 Å². The average molecular weight is 316 g/mol. The van der Waals surface area contributed by atoms with E-state index in [4.69, 9.17) is 0 Å². The predicted molar refractivity (Wildman–Crippen MR) is 92.9 cm³/mol. The quantitative estimate of drug-likeness (QED) is 0.839. The van der Waals surface area contributed by atoms with Crippen LogP contribution in [0.3, 0.4) is 0 Å². The van der Waals surface area contributed by atoms with Gasteiger partial charge in [-0.2, -0.15) is 0 Å². The van der Waals surface area contributed by atoms with Crippen molar-refractivity contribution >= 4 is 11.7 Å². The van der Waals surface area contributed by atoms with Crippen molar-refractivity contribution in [3.63, 3.8) is 0 Å². The number of likely N-dealkylation sites (N-methyl/N-ethyl adjacent to an activating group) is 1. The molecular weight excluding hydrogens is 288 g/mol. The molecule has 2 aliphatic heterocycles. The van der Waals surface area contributed by atoms with E-state index in [0.717, 1.165) is 37.6 Å². The molecule has 126 valence electrons. The summed E-state index contributed by atoms with van der Waals surface area (Å²) in [6.07, 6.45) is 5.48. The van der Waals surface area contributed by atoms with Crippen molar-refractivity contribution < 1.29 is 4.79 Å². The van der Waals surface area contributed by atoms with Crippen LogP contribution in [-0.4, -0.2) is 66.0 Å². The number of anilines is 1. The number of hydrogen-bond acceptors (Lipinski definition) is 4. The van der Waals surface area contributed by atoms with E-state index in [1.807, 2.05) is 17.0 Å². The monoisotopic (exact) mass is 316 g/mol. The zero-order valence-electron chi connectivity index (χ0n) is 14.5. The molecule has 2 saturated heterocycles. The Kier molecular flexibility index (Phi) is 4.85. The van der Waals surface area contributed by atoms with Crippen LogP contribution < -0.4 is 4.90 Å². The molecule has 0 unspecified atom stereocenters. The Bertz CT molecular complexity index is 562. The number of amides is 1. The first kappa shape index (κ1) is 16.2. The van der Waals surface area contributed by atoms with Crippen LogP contribution in [0.2, 0.25) is 0 Å². The topological polar surface area (TPSA) is 39.7 Å². The van der Waals surface area contributed by atoms with E-state index in [0.29, 0.717) is 6.04 Å². The van der Waals surface area contributed by atoms with Gasteiger partial charge in [0.1, 0.15) is 5.82 Å². The highest BCUT2D eigenvalue weighted by atomic mass is 16.2. The van der Waals surface area contributed by atoms with E-state index in [1.165, 1.54) is 19.3 Å². The summed E-state index contributed by atoms with van der Waals surface area (Å²) in [4.78, 5) is 24.0. The fourth-order valence-corrected chi connectivity index (χ4v) is 3.75. The summed E-state index contributed by atoms with van der Waals surface area (Å²) >= 11 is 0. The molecule has 2 aliphatic rings. The third-order valence-electron chi connectivity index (χ3n) is 5.18. The van der Waals surface area contributed by atoms with E-state index in [9.17, 15) is 4.79 Å². The molecule has 0 radical (unpaired) electrons. The van der Waals surface area contributed by atoms with Crippen LogP contribution in [0.5, 0.6) is 0 Å². The van der Waals surface area contributed by atoms with E-state index < -0.39 is 0 Å². The molecule has 0 N–H and O–H groups in total. The summed E-state index contributed by atoms with van der Waals surface area (Å²) < 4.78 is 0. The number of nitrogens with zero attached hydrogens (tertiary/aromatic N) is 4. The van der Waals surface area contributed by atoms with E-state index >= 15 is 0 Å². The number of hydrogen-bond donors (Lipinski definition) is 0. The van der Waals surface area contributed by atoms with Gasteiger partial charge in [0.25, 0.3) is 5.91 Å². The fourth-order valence-electron chi connectivity index (χ4n) is 3.75. The number of piperidine rings is 1. The lowest BCUT2D eigenvalue weighted by atomic mass is 10.0. The molecule has 1 aromatic rings. The average Bonchev–Trinajstić information content (AvgIpc) is 2.55. The predicted octanol–water partition coefficient (Wildman–Crippen LogP) is 2.24. The molecule has 3 rings (SSSR count). The maximum Gasteiger partial charge on any atom is 0.254 e. The van der Waals surface area contributed by atoms with Crippen LogP contribution in [0.4, 0.5) is 5.82 Å². The van der Waals surface area contributed by atoms with Gasteiger partial charge in [-0.15, -0.1) is 0 Å². The Labute approximate surface area is 139 Å². The highest BCUT2D eigenvalue weighted by Gasteiger charge is 2.27. The minimum absolute atomic E-state index is 0.138. The molecule has 2 fully saturated rings. The second-order valence-electron chi connectivity index (χ2n) is 7.05. The maximum absolute atomic E-state index is 12.9. The summed E-state index contributed by atoms with van der Waals surface area (Å²) in [6.45, 7) is 8.09. The molecule has 1 aromatic heterocycles. The van der Waals surface area contributed by atoms with Crippen LogP contribution in [-0.2, 0) is 0 Å². The van der Waals surface area contributed by atoms with Gasteiger partial charge in [0, 0.05) is 50.0 Å². The number of carbonyl (C=O) groups is 1. The molecule has 23 heavy (non-hydrogen) atoms. The number of carbonyl (C=O) groups excluding carboxylic acids is 1. The van der Waals surface area contributed by atoms with Crippen molar-refractivity contribution in [2.75, 3.05) is 38.1 Å². The Morgan fingerprint density at radius 1 is 1.17 bits per heavy atom. The molecule has 0 aliphatic carbocycles. The van der Waals surface area contributed by atoms with Gasteiger partial charge in [-0.25, -0.2) is 4.98 Å². The molecule has 3 heterocycles. The third kappa shape index (κ3) is 3.50. The lowest BCUT2D eigenvalue weighted by Gasteiger charge is -2.38. The van der Waals surface area contributed by atoms with Crippen molar-refractivity contribution in [2.24, 2.45) is 0 Å². The first-order valence-corrected chi connectivity index (χ1v) is 8.78. The van der Waals surface area contributed by atoms with Crippen molar-refractivity contribution in [2.45, 2.75) is 45.2 Å². The van der Waals surface area contributed by atoms with Crippen LogP contribution in [0.1, 0.15) is 43.5 Å². The number of pyridine rings is 1. The third-order valence-corrected chi connectivity index (χ3v) is 5.18. The highest BCUT2D eigenvalue weighted by Crippen LogP contribution is 2.24. The minimum Gasteiger partial charge on any atom is -0.354 e. The van der Waals surface area contributed by atoms with Crippen LogP contribution in [0, 0.1) is 0 Å². The van der Waals surface area contributed by atoms with Gasteiger partial charge in [0.15, 0.2) is 0 Å². The first-order valence-electron chi connectivity index (χ1n) is 8.78. The summed E-state index contributed by atoms with van der Waals surface area (Å²) in [5, 5.41) is 0. The molecular formula is C18H28N4O. The maximum atomic E-state index is 12.9. The Morgan fingerprint density at radius 3 is 2.74 bits per heavy atom. The van der Waals surface area contributed by atoms with E-state index in [1.54, 1.807) is 6.20 Å². The second-order valence-corrected chi connectivity index (χ2v) is 7.05. The van der Waals surface area contributed by atoms with Crippen molar-refractivity contribution in [3.8, 4) is 0 Å². The SMILES string of the molecule is C[C@@H]1CCCCN1c1cc(C(=O)N2CCN(C)C[C@@H]2C)ccn1. The Morgan fingerprint density at radius 2 is 2.00 bits per heavy atom. The van der Waals surface area contributed by atoms with Crippen LogP contribution in [0.25, 0.3) is 0 Å². The smallest absolute Gasteiger partial charge is 0.254 e. The van der Waals surface area contributed by atoms with Gasteiger partial charge in [0.05, 0.1) is 0 Å². The van der Waals surface area contributed by atoms with Gasteiger partial charge >= 0.3 is 0 Å². The van der Waals surface area contributed by atoms with Crippen LogP contribution in [0.15, 0.2) is 18.3 Å². The van der Waals surface area contributed by atoms with Gasteiger partial charge in [-0.1, -0.05) is 0 Å². The zero-order chi connectivity index (χ0) is 16.4. The van der Waals surface area contributed by atoms with Crippen molar-refractivity contribution in [1.29, 1.82) is 0 Å². The van der Waals surface area contributed by atoms with E-state index in [-0.39, 0.29) is 11.9 Å². The Hall–Kier alpha value is -1.62. The summed E-state index contributed by atoms with van der Waals surface area (Å²) in [5.41, 5.74) is 0.768. The molecule has 5 heteroatoms. The van der Waals surface area contributed by atoms with E-state index in [2.05, 4.69) is 35.7 Å². The molecule has 0 bridgehead atoms. The Balaban J connectivity index is 1.77. The van der Waals surface area contributed by atoms with Crippen LogP contribution >= 0.6 is 0 Å². The number of rotatable bonds is 2. The summed E-state index contributed by atoms with van der Waals surface area (Å²) in [6, 6.07) is 4.59. The standard InChI is InChI=1S/C18H28N4O/c1-14-6-4-5-9-21(14)17-12-16(7-8-19-17)18(23)22-11-10-20(3)13-15(22)2/h7-8,12,14-15H,4-6,9-11,13H2,1-3H3/t14-,15+/m1/s1. The molecule has 5 nitrogen and oxygen atoms in total. The molecule has 0 aromatic carbocycles. The molecule has 1 amide bonds. The molecule has 0 saturated carbocycles.